The molecule has 2 aromatic heterocycles. The summed E-state index contributed by atoms with van der Waals surface area (Å²) in [6, 6.07) is 10.4. The second-order valence-corrected chi connectivity index (χ2v) is 6.95. The number of nitrogen functional groups attached to an aromatic ring is 1. The van der Waals surface area contributed by atoms with Crippen molar-refractivity contribution in [3.8, 4) is 11.3 Å². The third-order valence-corrected chi connectivity index (χ3v) is 5.31. The van der Waals surface area contributed by atoms with Crippen LogP contribution in [0.2, 0.25) is 0 Å². The first-order valence-corrected chi connectivity index (χ1v) is 9.41. The molecule has 0 bridgehead atoms. The van der Waals surface area contributed by atoms with E-state index in [9.17, 15) is 4.79 Å². The van der Waals surface area contributed by atoms with Gasteiger partial charge in [0.2, 0.25) is 5.91 Å². The van der Waals surface area contributed by atoms with Crippen molar-refractivity contribution in [1.29, 1.82) is 0 Å². The molecule has 0 spiro atoms. The molecule has 0 aliphatic carbocycles. The maximum Gasteiger partial charge on any atom is 0.222 e. The Balaban J connectivity index is 1.52. The van der Waals surface area contributed by atoms with E-state index in [-0.39, 0.29) is 5.91 Å². The summed E-state index contributed by atoms with van der Waals surface area (Å²) < 4.78 is 0. The molecule has 6 nitrogen and oxygen atoms in total. The van der Waals surface area contributed by atoms with Gasteiger partial charge in [-0.1, -0.05) is 31.2 Å². The third-order valence-electron chi connectivity index (χ3n) is 5.31. The van der Waals surface area contributed by atoms with Crippen LogP contribution in [0.25, 0.3) is 22.3 Å². The number of carbonyl (C=O) groups is 1. The van der Waals surface area contributed by atoms with E-state index < -0.39 is 0 Å². The summed E-state index contributed by atoms with van der Waals surface area (Å²) in [5, 5.41) is 0. The van der Waals surface area contributed by atoms with E-state index in [0.29, 0.717) is 23.7 Å². The van der Waals surface area contributed by atoms with Crippen molar-refractivity contribution in [2.45, 2.75) is 32.1 Å². The minimum atomic E-state index is 0.256. The minimum Gasteiger partial charge on any atom is -0.382 e. The largest absolute Gasteiger partial charge is 0.382 e. The summed E-state index contributed by atoms with van der Waals surface area (Å²) in [6.45, 7) is 3.62. The van der Waals surface area contributed by atoms with Crippen molar-refractivity contribution < 1.29 is 4.79 Å². The van der Waals surface area contributed by atoms with E-state index in [2.05, 4.69) is 39.2 Å². The fourth-order valence-corrected chi connectivity index (χ4v) is 3.76. The van der Waals surface area contributed by atoms with Crippen LogP contribution in [0.1, 0.15) is 37.7 Å². The van der Waals surface area contributed by atoms with Gasteiger partial charge in [0.1, 0.15) is 5.52 Å². The van der Waals surface area contributed by atoms with Crippen LogP contribution in [0.5, 0.6) is 0 Å². The van der Waals surface area contributed by atoms with Crippen molar-refractivity contribution in [2.75, 3.05) is 18.8 Å². The Hall–Kier alpha value is -3.02. The summed E-state index contributed by atoms with van der Waals surface area (Å²) in [6.07, 6.45) is 5.90. The van der Waals surface area contributed by atoms with Gasteiger partial charge in [0, 0.05) is 37.5 Å². The van der Waals surface area contributed by atoms with Crippen molar-refractivity contribution in [3.05, 3.63) is 48.3 Å². The number of anilines is 1. The highest BCUT2D eigenvalue weighted by atomic mass is 16.2. The number of benzene rings is 1. The van der Waals surface area contributed by atoms with E-state index in [4.69, 9.17) is 5.73 Å². The van der Waals surface area contributed by atoms with Crippen molar-refractivity contribution >= 4 is 22.8 Å². The van der Waals surface area contributed by atoms with Gasteiger partial charge in [-0.3, -0.25) is 9.78 Å². The molecule has 1 fully saturated rings. The molecular formula is C21H23N5O. The minimum absolute atomic E-state index is 0.256. The van der Waals surface area contributed by atoms with Crippen LogP contribution in [-0.4, -0.2) is 38.8 Å². The molecule has 27 heavy (non-hydrogen) atoms. The molecule has 0 radical (unpaired) electrons. The fourth-order valence-electron chi connectivity index (χ4n) is 3.76. The van der Waals surface area contributed by atoms with Crippen LogP contribution >= 0.6 is 0 Å². The van der Waals surface area contributed by atoms with E-state index >= 15 is 0 Å². The van der Waals surface area contributed by atoms with Gasteiger partial charge in [-0.2, -0.15) is 0 Å². The zero-order chi connectivity index (χ0) is 18.8. The highest BCUT2D eigenvalue weighted by Gasteiger charge is 2.22. The smallest absolute Gasteiger partial charge is 0.222 e. The Bertz CT molecular complexity index is 962. The summed E-state index contributed by atoms with van der Waals surface area (Å²) in [5.74, 6) is 1.15. The summed E-state index contributed by atoms with van der Waals surface area (Å²) >= 11 is 0. The number of hydrogen-bond donors (Lipinski definition) is 1. The van der Waals surface area contributed by atoms with Gasteiger partial charge in [0.05, 0.1) is 11.2 Å². The predicted molar refractivity (Wildman–Crippen MR) is 106 cm³/mol. The highest BCUT2D eigenvalue weighted by molar-refractivity contribution is 5.87. The SMILES string of the molecule is CCC(=O)N1CCC(c2ccc(-c3cc4nccnc4c(N)n3)cc2)CC1. The quantitative estimate of drug-likeness (QED) is 0.773. The monoisotopic (exact) mass is 361 g/mol. The van der Waals surface area contributed by atoms with Crippen LogP contribution < -0.4 is 5.73 Å². The Kier molecular flexibility index (Phi) is 4.71. The van der Waals surface area contributed by atoms with Crippen LogP contribution in [0.15, 0.2) is 42.7 Å². The molecule has 1 aliphatic heterocycles. The number of rotatable bonds is 3. The zero-order valence-electron chi connectivity index (χ0n) is 15.4. The molecule has 0 saturated carbocycles. The van der Waals surface area contributed by atoms with Gasteiger partial charge in [-0.15, -0.1) is 0 Å². The number of likely N-dealkylation sites (tertiary alicyclic amines) is 1. The molecule has 138 valence electrons. The maximum absolute atomic E-state index is 11.8. The van der Waals surface area contributed by atoms with Gasteiger partial charge >= 0.3 is 0 Å². The van der Waals surface area contributed by atoms with E-state index in [1.807, 2.05) is 17.9 Å². The molecule has 0 unspecified atom stereocenters. The average Bonchev–Trinajstić information content (AvgIpc) is 2.73. The first-order valence-electron chi connectivity index (χ1n) is 9.41. The Labute approximate surface area is 158 Å². The Morgan fingerprint density at radius 3 is 2.56 bits per heavy atom. The molecule has 6 heteroatoms. The van der Waals surface area contributed by atoms with Crippen molar-refractivity contribution in [1.82, 2.24) is 19.9 Å². The lowest BCUT2D eigenvalue weighted by molar-refractivity contribution is -0.131. The first-order chi connectivity index (χ1) is 13.2. The molecule has 4 rings (SSSR count). The normalized spacial score (nSPS) is 15.2. The number of aromatic nitrogens is 3. The lowest BCUT2D eigenvalue weighted by Gasteiger charge is -2.32. The van der Waals surface area contributed by atoms with Gasteiger partial charge < -0.3 is 10.6 Å². The second kappa shape index (κ2) is 7.31. The fraction of sp³-hybridized carbons (Fsp3) is 0.333. The van der Waals surface area contributed by atoms with Gasteiger partial charge in [0.15, 0.2) is 5.82 Å². The third kappa shape index (κ3) is 3.47. The highest BCUT2D eigenvalue weighted by Crippen LogP contribution is 2.30. The maximum atomic E-state index is 11.8. The molecule has 1 saturated heterocycles. The van der Waals surface area contributed by atoms with Crippen LogP contribution in [0.4, 0.5) is 5.82 Å². The number of piperidine rings is 1. The molecule has 3 aromatic rings. The Morgan fingerprint density at radius 1 is 1.15 bits per heavy atom. The molecular weight excluding hydrogens is 338 g/mol. The van der Waals surface area contributed by atoms with Gasteiger partial charge in [-0.05, 0) is 30.4 Å². The lowest BCUT2D eigenvalue weighted by Crippen LogP contribution is -2.37. The molecule has 1 amide bonds. The van der Waals surface area contributed by atoms with E-state index in [1.165, 1.54) is 5.56 Å². The Morgan fingerprint density at radius 2 is 1.85 bits per heavy atom. The number of carbonyl (C=O) groups excluding carboxylic acids is 1. The van der Waals surface area contributed by atoms with Crippen molar-refractivity contribution in [2.24, 2.45) is 0 Å². The number of hydrogen-bond acceptors (Lipinski definition) is 5. The van der Waals surface area contributed by atoms with Crippen molar-refractivity contribution in [3.63, 3.8) is 0 Å². The standard InChI is InChI=1S/C21H23N5O/c1-2-19(27)26-11-7-15(8-12-26)14-3-5-16(6-4-14)17-13-18-20(21(22)25-17)24-10-9-23-18/h3-6,9-10,13,15H,2,7-8,11-12H2,1H3,(H2,22,25). The molecule has 3 heterocycles. The molecule has 1 aliphatic rings. The summed E-state index contributed by atoms with van der Waals surface area (Å²) in [5.41, 5.74) is 10.5. The number of amides is 1. The van der Waals surface area contributed by atoms with E-state index in [0.717, 1.165) is 42.7 Å². The first kappa shape index (κ1) is 17.4. The van der Waals surface area contributed by atoms with Gasteiger partial charge in [0.25, 0.3) is 0 Å². The lowest BCUT2D eigenvalue weighted by atomic mass is 9.88. The molecule has 1 aromatic carbocycles. The van der Waals surface area contributed by atoms with Gasteiger partial charge in [-0.25, -0.2) is 9.97 Å². The van der Waals surface area contributed by atoms with E-state index in [1.54, 1.807) is 12.4 Å². The zero-order valence-corrected chi connectivity index (χ0v) is 15.4. The molecule has 0 atom stereocenters. The number of nitrogens with zero attached hydrogens (tertiary/aromatic N) is 4. The van der Waals surface area contributed by atoms with Crippen LogP contribution in [0, 0.1) is 0 Å². The average molecular weight is 361 g/mol. The number of nitrogens with two attached hydrogens (primary N) is 1. The predicted octanol–water partition coefficient (Wildman–Crippen LogP) is 3.39. The molecule has 2 N–H and O–H groups in total. The topological polar surface area (TPSA) is 85.0 Å². The summed E-state index contributed by atoms with van der Waals surface area (Å²) in [7, 11) is 0. The summed E-state index contributed by atoms with van der Waals surface area (Å²) in [4.78, 5) is 26.9. The number of fused-ring (bicyclic) bond motifs is 1. The number of pyridine rings is 1. The second-order valence-electron chi connectivity index (χ2n) is 6.95. The van der Waals surface area contributed by atoms with Crippen LogP contribution in [-0.2, 0) is 4.79 Å². The van der Waals surface area contributed by atoms with Crippen LogP contribution in [0.3, 0.4) is 0 Å².